The van der Waals surface area contributed by atoms with Crippen molar-refractivity contribution in [2.45, 2.75) is 55.0 Å². The highest BCUT2D eigenvalue weighted by Gasteiger charge is 2.49. The maximum atomic E-state index is 16.8. The SMILES string of the molecule is C#Cc1c(F)ccc2cc(O)cc(-c3ncc4c(N5CC6CCC(C5)N6)nc(OC[C@]56CCCN5C[C@H](SC)C6)nc4c3F)c12. The van der Waals surface area contributed by atoms with Crippen LogP contribution in [-0.4, -0.2) is 86.9 Å². The van der Waals surface area contributed by atoms with Crippen LogP contribution in [0.4, 0.5) is 14.6 Å². The van der Waals surface area contributed by atoms with Gasteiger partial charge in [-0.1, -0.05) is 12.0 Å². The van der Waals surface area contributed by atoms with Crippen LogP contribution in [0.3, 0.4) is 0 Å². The topological polar surface area (TPSA) is 86.6 Å². The van der Waals surface area contributed by atoms with Gasteiger partial charge in [0.05, 0.1) is 16.5 Å². The number of benzene rings is 2. The Morgan fingerprint density at radius 3 is 2.78 bits per heavy atom. The van der Waals surface area contributed by atoms with E-state index in [0.29, 0.717) is 45.9 Å². The fourth-order valence-corrected chi connectivity index (χ4v) is 8.87. The van der Waals surface area contributed by atoms with Crippen molar-refractivity contribution >= 4 is 39.3 Å². The number of phenols is 1. The number of aromatic hydroxyl groups is 1. The van der Waals surface area contributed by atoms with E-state index in [1.165, 1.54) is 24.3 Å². The Hall–Kier alpha value is -3.72. The number of terminal acetylenes is 1. The van der Waals surface area contributed by atoms with E-state index in [0.717, 1.165) is 58.3 Å². The van der Waals surface area contributed by atoms with E-state index in [1.807, 2.05) is 11.8 Å². The largest absolute Gasteiger partial charge is 0.508 e. The quantitative estimate of drug-likeness (QED) is 0.284. The fraction of sp³-hybridized carbons (Fsp3) is 0.441. The summed E-state index contributed by atoms with van der Waals surface area (Å²) in [5, 5.41) is 16.0. The Kier molecular flexibility index (Phi) is 7.00. The Bertz CT molecular complexity index is 1870. The lowest BCUT2D eigenvalue weighted by atomic mass is 9.95. The summed E-state index contributed by atoms with van der Waals surface area (Å²) < 4.78 is 38.1. The lowest BCUT2D eigenvalue weighted by Crippen LogP contribution is -2.51. The number of aromatic nitrogens is 3. The molecular formula is C34H34F2N6O2S. The maximum absolute atomic E-state index is 16.8. The van der Waals surface area contributed by atoms with Gasteiger partial charge in [-0.2, -0.15) is 21.7 Å². The van der Waals surface area contributed by atoms with Crippen molar-refractivity contribution in [1.82, 2.24) is 25.2 Å². The summed E-state index contributed by atoms with van der Waals surface area (Å²) in [6.07, 6.45) is 14.8. The summed E-state index contributed by atoms with van der Waals surface area (Å²) in [7, 11) is 0. The molecule has 0 radical (unpaired) electrons. The molecule has 4 aliphatic rings. The number of pyridine rings is 1. The molecule has 2 aromatic heterocycles. The zero-order chi connectivity index (χ0) is 30.9. The molecule has 0 aliphatic carbocycles. The van der Waals surface area contributed by atoms with Crippen LogP contribution in [0.15, 0.2) is 30.5 Å². The molecule has 4 saturated heterocycles. The van der Waals surface area contributed by atoms with Crippen molar-refractivity contribution in [3.8, 4) is 35.4 Å². The van der Waals surface area contributed by atoms with Gasteiger partial charge < -0.3 is 20.1 Å². The number of fused-ring (bicyclic) bond motifs is 5. The van der Waals surface area contributed by atoms with E-state index in [9.17, 15) is 9.50 Å². The van der Waals surface area contributed by atoms with Gasteiger partial charge in [-0.25, -0.2) is 8.78 Å². The molecule has 4 aliphatic heterocycles. The zero-order valence-corrected chi connectivity index (χ0v) is 25.8. The fourth-order valence-electron chi connectivity index (χ4n) is 8.06. The van der Waals surface area contributed by atoms with Gasteiger partial charge in [0, 0.05) is 54.1 Å². The van der Waals surface area contributed by atoms with Crippen LogP contribution in [0, 0.1) is 24.0 Å². The van der Waals surface area contributed by atoms with Crippen molar-refractivity contribution in [3.63, 3.8) is 0 Å². The number of phenolic OH excluding ortho intramolecular Hbond substituents is 1. The molecule has 2 bridgehead atoms. The smallest absolute Gasteiger partial charge is 0.319 e. The van der Waals surface area contributed by atoms with Gasteiger partial charge >= 0.3 is 6.01 Å². The molecule has 4 atom stereocenters. The molecule has 2 unspecified atom stereocenters. The number of nitrogens with one attached hydrogen (secondary N) is 1. The summed E-state index contributed by atoms with van der Waals surface area (Å²) in [5.74, 6) is 1.56. The molecule has 8 nitrogen and oxygen atoms in total. The first-order chi connectivity index (χ1) is 21.9. The molecule has 11 heteroatoms. The first-order valence-corrected chi connectivity index (χ1v) is 16.8. The minimum absolute atomic E-state index is 0.0204. The van der Waals surface area contributed by atoms with Gasteiger partial charge in [0.25, 0.3) is 0 Å². The molecular weight excluding hydrogens is 594 g/mol. The van der Waals surface area contributed by atoms with Crippen molar-refractivity contribution in [2.75, 3.05) is 43.9 Å². The third kappa shape index (κ3) is 4.77. The van der Waals surface area contributed by atoms with Gasteiger partial charge in [-0.3, -0.25) is 9.88 Å². The summed E-state index contributed by atoms with van der Waals surface area (Å²) >= 11 is 1.89. The minimum Gasteiger partial charge on any atom is -0.508 e. The first kappa shape index (κ1) is 28.7. The molecule has 4 aromatic rings. The molecule has 6 heterocycles. The van der Waals surface area contributed by atoms with Crippen LogP contribution < -0.4 is 15.0 Å². The van der Waals surface area contributed by atoms with Gasteiger partial charge in [0.2, 0.25) is 0 Å². The summed E-state index contributed by atoms with van der Waals surface area (Å²) in [6, 6.07) is 6.38. The van der Waals surface area contributed by atoms with E-state index in [2.05, 4.69) is 37.3 Å². The van der Waals surface area contributed by atoms with Gasteiger partial charge in [0.1, 0.15) is 35.2 Å². The van der Waals surface area contributed by atoms with Gasteiger partial charge in [-0.15, -0.1) is 6.42 Å². The third-order valence-electron chi connectivity index (χ3n) is 10.2. The molecule has 8 rings (SSSR count). The Morgan fingerprint density at radius 1 is 1.18 bits per heavy atom. The number of halogens is 2. The van der Waals surface area contributed by atoms with E-state index in [1.54, 1.807) is 6.20 Å². The molecule has 232 valence electrons. The molecule has 2 aromatic carbocycles. The number of hydrogen-bond acceptors (Lipinski definition) is 9. The zero-order valence-electron chi connectivity index (χ0n) is 25.0. The first-order valence-electron chi connectivity index (χ1n) is 15.6. The van der Waals surface area contributed by atoms with Crippen LogP contribution in [0.2, 0.25) is 0 Å². The molecule has 45 heavy (non-hydrogen) atoms. The van der Waals surface area contributed by atoms with Gasteiger partial charge in [-0.05, 0) is 68.5 Å². The predicted octanol–water partition coefficient (Wildman–Crippen LogP) is 5.10. The Balaban J connectivity index is 1.26. The van der Waals surface area contributed by atoms with Crippen molar-refractivity contribution in [3.05, 3.63) is 47.7 Å². The van der Waals surface area contributed by atoms with Crippen LogP contribution >= 0.6 is 11.8 Å². The van der Waals surface area contributed by atoms with E-state index in [4.69, 9.17) is 16.1 Å². The second-order valence-corrected chi connectivity index (χ2v) is 14.0. The molecule has 0 saturated carbocycles. The molecule has 2 N–H and O–H groups in total. The Morgan fingerprint density at radius 2 is 2.00 bits per heavy atom. The molecule has 0 spiro atoms. The number of thioether (sulfide) groups is 1. The average molecular weight is 629 g/mol. The number of piperazine rings is 1. The molecule has 0 amide bonds. The second-order valence-electron chi connectivity index (χ2n) is 12.8. The summed E-state index contributed by atoms with van der Waals surface area (Å²) in [5.41, 5.74) is 0.0800. The second kappa shape index (κ2) is 11.0. The predicted molar refractivity (Wildman–Crippen MR) is 173 cm³/mol. The normalized spacial score (nSPS) is 26.1. The van der Waals surface area contributed by atoms with Crippen LogP contribution in [-0.2, 0) is 0 Å². The van der Waals surface area contributed by atoms with Crippen LogP contribution in [0.25, 0.3) is 32.9 Å². The van der Waals surface area contributed by atoms with Crippen molar-refractivity contribution < 1.29 is 18.6 Å². The van der Waals surface area contributed by atoms with E-state index in [-0.39, 0.29) is 39.6 Å². The number of rotatable bonds is 6. The number of ether oxygens (including phenoxy) is 1. The highest BCUT2D eigenvalue weighted by molar-refractivity contribution is 7.99. The van der Waals surface area contributed by atoms with E-state index < -0.39 is 11.6 Å². The monoisotopic (exact) mass is 628 g/mol. The average Bonchev–Trinajstić information content (AvgIpc) is 3.71. The van der Waals surface area contributed by atoms with Crippen molar-refractivity contribution in [1.29, 1.82) is 0 Å². The highest BCUT2D eigenvalue weighted by atomic mass is 32.2. The summed E-state index contributed by atoms with van der Waals surface area (Å²) in [4.78, 5) is 18.8. The third-order valence-corrected chi connectivity index (χ3v) is 11.2. The number of anilines is 1. The van der Waals surface area contributed by atoms with Crippen LogP contribution in [0.5, 0.6) is 11.8 Å². The number of nitrogens with zero attached hydrogens (tertiary/aromatic N) is 5. The lowest BCUT2D eigenvalue weighted by Gasteiger charge is -2.34. The number of hydrogen-bond donors (Lipinski definition) is 2. The Labute approximate surface area is 264 Å². The highest BCUT2D eigenvalue weighted by Crippen LogP contribution is 2.43. The standard InChI is InChI=1S/C34H34F2N6O2S/c1-3-24-27(35)8-5-19-11-22(43)12-25(28(19)24)30-29(36)31-26(14-37-30)32(41-15-20-6-7-21(16-41)38-20)40-33(39-31)44-18-34-9-4-10-42(34)17-23(13-34)45-2/h1,5,8,11-12,14,20-21,23,38,43H,4,6-7,9-10,13,15-18H2,2H3/t20?,21?,23-,34-/m1/s1. The summed E-state index contributed by atoms with van der Waals surface area (Å²) in [6.45, 7) is 4.00. The van der Waals surface area contributed by atoms with Gasteiger partial charge in [0.15, 0.2) is 5.82 Å². The van der Waals surface area contributed by atoms with Crippen LogP contribution in [0.1, 0.15) is 37.7 Å². The minimum atomic E-state index is -0.706. The molecule has 4 fully saturated rings. The lowest BCUT2D eigenvalue weighted by molar-refractivity contribution is 0.108. The van der Waals surface area contributed by atoms with E-state index >= 15 is 4.39 Å². The maximum Gasteiger partial charge on any atom is 0.319 e. The van der Waals surface area contributed by atoms with Crippen molar-refractivity contribution in [2.24, 2.45) is 0 Å².